The number of rotatable bonds is 6. The molecule has 1 aliphatic carbocycles. The summed E-state index contributed by atoms with van der Waals surface area (Å²) in [4.78, 5) is 0. The van der Waals surface area contributed by atoms with Crippen molar-refractivity contribution < 1.29 is 12.8 Å². The summed E-state index contributed by atoms with van der Waals surface area (Å²) in [6.07, 6.45) is 3.88. The molecule has 2 unspecified atom stereocenters. The van der Waals surface area contributed by atoms with E-state index in [-0.39, 0.29) is 5.09 Å². The summed E-state index contributed by atoms with van der Waals surface area (Å²) in [5, 5.41) is 3.31. The van der Waals surface area contributed by atoms with Crippen LogP contribution >= 0.6 is 0 Å². The molecular formula is C13H22N2O3S. The molecule has 0 aromatic carbocycles. The van der Waals surface area contributed by atoms with Gasteiger partial charge in [-0.25, -0.2) is 13.1 Å². The van der Waals surface area contributed by atoms with E-state index < -0.39 is 10.0 Å². The van der Waals surface area contributed by atoms with E-state index in [1.54, 1.807) is 6.07 Å². The fourth-order valence-corrected chi connectivity index (χ4v) is 3.27. The molecule has 1 heterocycles. The summed E-state index contributed by atoms with van der Waals surface area (Å²) >= 11 is 0. The standard InChI is InChI=1S/C13H22N2O3S/c1-10-3-4-11(7-10)8-15-9-12-5-6-13(18-12)19(16,17)14-2/h5-6,10-11,14-15H,3-4,7-9H2,1-2H3. The molecule has 6 heteroatoms. The van der Waals surface area contributed by atoms with Gasteiger partial charge in [0.25, 0.3) is 10.0 Å². The summed E-state index contributed by atoms with van der Waals surface area (Å²) in [5.41, 5.74) is 0. The van der Waals surface area contributed by atoms with Gasteiger partial charge in [-0.3, -0.25) is 0 Å². The second kappa shape index (κ2) is 6.07. The Morgan fingerprint density at radius 1 is 1.37 bits per heavy atom. The van der Waals surface area contributed by atoms with E-state index in [0.29, 0.717) is 12.3 Å². The average molecular weight is 286 g/mol. The van der Waals surface area contributed by atoms with E-state index in [4.69, 9.17) is 4.42 Å². The van der Waals surface area contributed by atoms with Crippen molar-refractivity contribution in [2.45, 2.75) is 37.8 Å². The smallest absolute Gasteiger partial charge is 0.273 e. The summed E-state index contributed by atoms with van der Waals surface area (Å²) in [6.45, 7) is 3.84. The molecule has 1 saturated carbocycles. The van der Waals surface area contributed by atoms with Crippen molar-refractivity contribution >= 4 is 10.0 Å². The fraction of sp³-hybridized carbons (Fsp3) is 0.692. The minimum atomic E-state index is -3.47. The highest BCUT2D eigenvalue weighted by Gasteiger charge is 2.21. The van der Waals surface area contributed by atoms with Crippen LogP contribution in [0.1, 0.15) is 31.9 Å². The predicted molar refractivity (Wildman–Crippen MR) is 73.2 cm³/mol. The van der Waals surface area contributed by atoms with E-state index in [1.165, 1.54) is 32.4 Å². The van der Waals surface area contributed by atoms with Crippen LogP contribution in [-0.2, 0) is 16.6 Å². The third-order valence-electron chi connectivity index (χ3n) is 3.71. The van der Waals surface area contributed by atoms with Gasteiger partial charge in [0, 0.05) is 0 Å². The van der Waals surface area contributed by atoms with E-state index in [1.807, 2.05) is 0 Å². The molecule has 2 atom stereocenters. The molecule has 2 rings (SSSR count). The Labute approximate surface area is 114 Å². The number of sulfonamides is 1. The Bertz CT molecular complexity index is 510. The minimum Gasteiger partial charge on any atom is -0.447 e. The highest BCUT2D eigenvalue weighted by atomic mass is 32.2. The van der Waals surface area contributed by atoms with Gasteiger partial charge in [-0.1, -0.05) is 13.3 Å². The van der Waals surface area contributed by atoms with Crippen LogP contribution in [0.4, 0.5) is 0 Å². The Morgan fingerprint density at radius 2 is 2.16 bits per heavy atom. The van der Waals surface area contributed by atoms with E-state index >= 15 is 0 Å². The molecule has 108 valence electrons. The first kappa shape index (κ1) is 14.6. The zero-order chi connectivity index (χ0) is 13.9. The molecule has 1 aliphatic rings. The highest BCUT2D eigenvalue weighted by Crippen LogP contribution is 2.29. The molecule has 0 bridgehead atoms. The number of hydrogen-bond donors (Lipinski definition) is 2. The van der Waals surface area contributed by atoms with Crippen molar-refractivity contribution in [1.82, 2.24) is 10.0 Å². The molecule has 0 saturated heterocycles. The van der Waals surface area contributed by atoms with E-state index in [9.17, 15) is 8.42 Å². The van der Waals surface area contributed by atoms with Gasteiger partial charge in [0.15, 0.2) is 0 Å². The molecule has 5 nitrogen and oxygen atoms in total. The van der Waals surface area contributed by atoms with Crippen LogP contribution in [0.2, 0.25) is 0 Å². The Kier molecular flexibility index (Phi) is 4.65. The van der Waals surface area contributed by atoms with Gasteiger partial charge < -0.3 is 9.73 Å². The molecule has 0 spiro atoms. The van der Waals surface area contributed by atoms with E-state index in [2.05, 4.69) is 17.0 Å². The van der Waals surface area contributed by atoms with Crippen molar-refractivity contribution in [3.8, 4) is 0 Å². The number of furan rings is 1. The van der Waals surface area contributed by atoms with Crippen LogP contribution in [0.3, 0.4) is 0 Å². The topological polar surface area (TPSA) is 71.3 Å². The number of nitrogens with one attached hydrogen (secondary N) is 2. The first-order chi connectivity index (χ1) is 9.01. The average Bonchev–Trinajstić information content (AvgIpc) is 2.99. The molecule has 0 radical (unpaired) electrons. The summed E-state index contributed by atoms with van der Waals surface area (Å²) in [6, 6.07) is 3.19. The molecule has 1 aromatic heterocycles. The van der Waals surface area contributed by atoms with Crippen LogP contribution in [0.15, 0.2) is 21.6 Å². The molecule has 1 aromatic rings. The first-order valence-corrected chi connectivity index (χ1v) is 8.22. The van der Waals surface area contributed by atoms with Gasteiger partial charge in [0.2, 0.25) is 5.09 Å². The highest BCUT2D eigenvalue weighted by molar-refractivity contribution is 7.89. The van der Waals surface area contributed by atoms with Gasteiger partial charge in [-0.2, -0.15) is 0 Å². The lowest BCUT2D eigenvalue weighted by atomic mass is 10.1. The van der Waals surface area contributed by atoms with Crippen LogP contribution in [0.25, 0.3) is 0 Å². The van der Waals surface area contributed by atoms with Crippen LogP contribution in [-0.4, -0.2) is 22.0 Å². The molecule has 0 amide bonds. The molecule has 2 N–H and O–H groups in total. The maximum absolute atomic E-state index is 11.5. The summed E-state index contributed by atoms with van der Waals surface area (Å²) < 4.78 is 30.6. The molecule has 19 heavy (non-hydrogen) atoms. The van der Waals surface area contributed by atoms with Crippen molar-refractivity contribution in [2.75, 3.05) is 13.6 Å². The maximum Gasteiger partial charge on any atom is 0.273 e. The zero-order valence-corrected chi connectivity index (χ0v) is 12.3. The van der Waals surface area contributed by atoms with E-state index in [0.717, 1.165) is 18.4 Å². The second-order valence-corrected chi connectivity index (χ2v) is 7.16. The lowest BCUT2D eigenvalue weighted by Gasteiger charge is -2.09. The summed E-state index contributed by atoms with van der Waals surface area (Å²) in [5.74, 6) is 2.23. The SMILES string of the molecule is CNS(=O)(=O)c1ccc(CNCC2CCC(C)C2)o1. The van der Waals surface area contributed by atoms with Crippen molar-refractivity contribution in [1.29, 1.82) is 0 Å². The van der Waals surface area contributed by atoms with Crippen molar-refractivity contribution in [3.63, 3.8) is 0 Å². The molecular weight excluding hydrogens is 264 g/mol. The molecule has 0 aliphatic heterocycles. The quantitative estimate of drug-likeness (QED) is 0.835. The third kappa shape index (κ3) is 3.81. The van der Waals surface area contributed by atoms with Crippen LogP contribution in [0.5, 0.6) is 0 Å². The Morgan fingerprint density at radius 3 is 2.79 bits per heavy atom. The summed E-state index contributed by atoms with van der Waals surface area (Å²) in [7, 11) is -2.10. The predicted octanol–water partition coefficient (Wildman–Crippen LogP) is 1.71. The normalized spacial score (nSPS) is 23.9. The minimum absolute atomic E-state index is 0.0266. The van der Waals surface area contributed by atoms with Gasteiger partial charge in [-0.15, -0.1) is 0 Å². The van der Waals surface area contributed by atoms with Gasteiger partial charge in [0.05, 0.1) is 6.54 Å². The van der Waals surface area contributed by atoms with Gasteiger partial charge in [0.1, 0.15) is 5.76 Å². The lowest BCUT2D eigenvalue weighted by Crippen LogP contribution is -2.21. The van der Waals surface area contributed by atoms with Crippen LogP contribution < -0.4 is 10.0 Å². The fourth-order valence-electron chi connectivity index (χ4n) is 2.61. The molecule has 1 fully saturated rings. The second-order valence-electron chi connectivity index (χ2n) is 5.34. The first-order valence-electron chi connectivity index (χ1n) is 6.74. The van der Waals surface area contributed by atoms with Crippen molar-refractivity contribution in [3.05, 3.63) is 17.9 Å². The Hall–Kier alpha value is -0.850. The van der Waals surface area contributed by atoms with Gasteiger partial charge >= 0.3 is 0 Å². The number of hydrogen-bond acceptors (Lipinski definition) is 4. The van der Waals surface area contributed by atoms with Crippen molar-refractivity contribution in [2.24, 2.45) is 11.8 Å². The van der Waals surface area contributed by atoms with Gasteiger partial charge in [-0.05, 0) is 50.4 Å². The maximum atomic E-state index is 11.5. The Balaban J connectivity index is 1.81. The lowest BCUT2D eigenvalue weighted by molar-refractivity contribution is 0.388. The van der Waals surface area contributed by atoms with Crippen LogP contribution in [0, 0.1) is 11.8 Å². The third-order valence-corrected chi connectivity index (χ3v) is 4.99. The monoisotopic (exact) mass is 286 g/mol. The largest absolute Gasteiger partial charge is 0.447 e. The zero-order valence-electron chi connectivity index (χ0n) is 11.5.